The summed E-state index contributed by atoms with van der Waals surface area (Å²) in [4.78, 5) is 9.00. The Morgan fingerprint density at radius 3 is 2.78 bits per heavy atom. The van der Waals surface area contributed by atoms with E-state index in [9.17, 15) is 0 Å². The molecule has 1 aromatic heterocycles. The third-order valence-electron chi connectivity index (χ3n) is 4.95. The Morgan fingerprint density at radius 1 is 1.26 bits per heavy atom. The number of hydrogen-bond acceptors (Lipinski definition) is 5. The fraction of sp³-hybridized carbons (Fsp3) is 0.524. The van der Waals surface area contributed by atoms with Gasteiger partial charge in [-0.25, -0.2) is 0 Å². The molecule has 0 saturated heterocycles. The zero-order valence-corrected chi connectivity index (χ0v) is 17.0. The Kier molecular flexibility index (Phi) is 8.80. The molecule has 0 saturated carbocycles. The molecule has 0 radical (unpaired) electrons. The van der Waals surface area contributed by atoms with Crippen LogP contribution < -0.4 is 4.90 Å². The first-order chi connectivity index (χ1) is 13.1. The molecular weight excluding hydrogens is 360 g/mol. The fourth-order valence-electron chi connectivity index (χ4n) is 3.44. The lowest BCUT2D eigenvalue weighted by Crippen LogP contribution is -2.35. The summed E-state index contributed by atoms with van der Waals surface area (Å²) in [6.45, 7) is 7.85. The SMILES string of the molecule is CCN(CCO)CCCC(C)N(CCC#N)c1ccnc2cc(Cl)ccc12. The first-order valence-corrected chi connectivity index (χ1v) is 9.99. The molecule has 0 bridgehead atoms. The number of nitriles is 1. The number of hydrogen-bond donors (Lipinski definition) is 1. The van der Waals surface area contributed by atoms with Gasteiger partial charge in [0, 0.05) is 41.4 Å². The summed E-state index contributed by atoms with van der Waals surface area (Å²) >= 11 is 6.12. The van der Waals surface area contributed by atoms with Crippen LogP contribution in [0.25, 0.3) is 10.9 Å². The Balaban J connectivity index is 2.16. The van der Waals surface area contributed by atoms with Crippen LogP contribution in [0.5, 0.6) is 0 Å². The zero-order chi connectivity index (χ0) is 19.6. The highest BCUT2D eigenvalue weighted by molar-refractivity contribution is 6.31. The van der Waals surface area contributed by atoms with E-state index in [1.165, 1.54) is 0 Å². The van der Waals surface area contributed by atoms with Crippen LogP contribution in [0.2, 0.25) is 5.02 Å². The Hall–Kier alpha value is -1.87. The van der Waals surface area contributed by atoms with E-state index in [0.717, 1.165) is 49.1 Å². The lowest BCUT2D eigenvalue weighted by Gasteiger charge is -2.32. The molecule has 1 aromatic carbocycles. The molecule has 0 spiro atoms. The first-order valence-electron chi connectivity index (χ1n) is 9.61. The van der Waals surface area contributed by atoms with Crippen molar-refractivity contribution in [3.05, 3.63) is 35.5 Å². The van der Waals surface area contributed by atoms with Crippen LogP contribution in [0.4, 0.5) is 5.69 Å². The summed E-state index contributed by atoms with van der Waals surface area (Å²) in [5.41, 5.74) is 1.97. The topological polar surface area (TPSA) is 63.4 Å². The monoisotopic (exact) mass is 388 g/mol. The van der Waals surface area contributed by atoms with Gasteiger partial charge in [0.2, 0.25) is 0 Å². The second-order valence-electron chi connectivity index (χ2n) is 6.74. The summed E-state index contributed by atoms with van der Waals surface area (Å²) in [5.74, 6) is 0. The van der Waals surface area contributed by atoms with Gasteiger partial charge in [0.25, 0.3) is 0 Å². The number of likely N-dealkylation sites (N-methyl/N-ethyl adjacent to an activating group) is 1. The summed E-state index contributed by atoms with van der Waals surface area (Å²) in [7, 11) is 0. The van der Waals surface area contributed by atoms with Crippen LogP contribution in [-0.2, 0) is 0 Å². The van der Waals surface area contributed by atoms with Gasteiger partial charge in [0.1, 0.15) is 0 Å². The van der Waals surface area contributed by atoms with Gasteiger partial charge in [0.15, 0.2) is 0 Å². The van der Waals surface area contributed by atoms with Crippen LogP contribution in [0.15, 0.2) is 30.5 Å². The van der Waals surface area contributed by atoms with Crippen molar-refractivity contribution in [2.45, 2.75) is 39.2 Å². The van der Waals surface area contributed by atoms with Crippen molar-refractivity contribution in [3.63, 3.8) is 0 Å². The van der Waals surface area contributed by atoms with Crippen molar-refractivity contribution in [2.24, 2.45) is 0 Å². The lowest BCUT2D eigenvalue weighted by atomic mass is 10.1. The number of aromatic nitrogens is 1. The number of fused-ring (bicyclic) bond motifs is 1. The summed E-state index contributed by atoms with van der Waals surface area (Å²) in [5, 5.41) is 20.0. The summed E-state index contributed by atoms with van der Waals surface area (Å²) < 4.78 is 0. The Morgan fingerprint density at radius 2 is 2.07 bits per heavy atom. The van der Waals surface area contributed by atoms with E-state index >= 15 is 0 Å². The molecule has 0 aliphatic carbocycles. The van der Waals surface area contributed by atoms with Gasteiger partial charge in [-0.05, 0) is 57.1 Å². The van der Waals surface area contributed by atoms with Gasteiger partial charge < -0.3 is 14.9 Å². The van der Waals surface area contributed by atoms with Crippen LogP contribution in [0.1, 0.15) is 33.1 Å². The van der Waals surface area contributed by atoms with Crippen LogP contribution in [0, 0.1) is 11.3 Å². The number of pyridine rings is 1. The van der Waals surface area contributed by atoms with Crippen molar-refractivity contribution >= 4 is 28.2 Å². The van der Waals surface area contributed by atoms with E-state index in [-0.39, 0.29) is 6.61 Å². The number of benzene rings is 1. The highest BCUT2D eigenvalue weighted by Crippen LogP contribution is 2.29. The predicted molar refractivity (Wildman–Crippen MR) is 112 cm³/mol. The maximum absolute atomic E-state index is 9.13. The molecule has 146 valence electrons. The van der Waals surface area contributed by atoms with E-state index < -0.39 is 0 Å². The van der Waals surface area contributed by atoms with E-state index in [1.54, 1.807) is 6.20 Å². The van der Waals surface area contributed by atoms with Gasteiger partial charge in [-0.15, -0.1) is 0 Å². The van der Waals surface area contributed by atoms with Gasteiger partial charge in [0.05, 0.1) is 24.6 Å². The molecule has 1 atom stereocenters. The number of anilines is 1. The predicted octanol–water partition coefficient (Wildman–Crippen LogP) is 4.09. The minimum Gasteiger partial charge on any atom is -0.395 e. The fourth-order valence-corrected chi connectivity index (χ4v) is 3.61. The van der Waals surface area contributed by atoms with Crippen molar-refractivity contribution in [1.29, 1.82) is 5.26 Å². The molecule has 6 heteroatoms. The Bertz CT molecular complexity index is 761. The molecule has 0 fully saturated rings. The first kappa shape index (κ1) is 21.4. The van der Waals surface area contributed by atoms with E-state index in [0.29, 0.717) is 24.0 Å². The second-order valence-corrected chi connectivity index (χ2v) is 7.18. The second kappa shape index (κ2) is 11.1. The van der Waals surface area contributed by atoms with E-state index in [2.05, 4.69) is 34.7 Å². The van der Waals surface area contributed by atoms with E-state index in [1.807, 2.05) is 24.3 Å². The Labute approximate surface area is 167 Å². The van der Waals surface area contributed by atoms with Crippen molar-refractivity contribution in [1.82, 2.24) is 9.88 Å². The quantitative estimate of drug-likeness (QED) is 0.628. The van der Waals surface area contributed by atoms with Crippen molar-refractivity contribution in [3.8, 4) is 6.07 Å². The largest absolute Gasteiger partial charge is 0.395 e. The molecule has 2 aromatic rings. The number of rotatable bonds is 11. The molecule has 1 N–H and O–H groups in total. The van der Waals surface area contributed by atoms with Crippen molar-refractivity contribution < 1.29 is 5.11 Å². The molecule has 2 rings (SSSR count). The molecule has 0 aliphatic heterocycles. The number of nitrogens with zero attached hydrogens (tertiary/aromatic N) is 4. The van der Waals surface area contributed by atoms with Gasteiger partial charge in [-0.2, -0.15) is 5.26 Å². The summed E-state index contributed by atoms with van der Waals surface area (Å²) in [6, 6.07) is 10.4. The molecule has 27 heavy (non-hydrogen) atoms. The van der Waals surface area contributed by atoms with Gasteiger partial charge in [-0.1, -0.05) is 18.5 Å². The van der Waals surface area contributed by atoms with Crippen LogP contribution >= 0.6 is 11.6 Å². The van der Waals surface area contributed by atoms with Gasteiger partial charge in [-0.3, -0.25) is 4.98 Å². The standard InChI is InChI=1S/C21H29ClN4O/c1-3-25(14-15-27)12-4-6-17(2)26(13-5-10-23)21-9-11-24-20-16-18(22)7-8-19(20)21/h7-9,11,16-17,27H,3-6,12-15H2,1-2H3. The highest BCUT2D eigenvalue weighted by Gasteiger charge is 2.17. The highest BCUT2D eigenvalue weighted by atomic mass is 35.5. The van der Waals surface area contributed by atoms with E-state index in [4.69, 9.17) is 22.0 Å². The third kappa shape index (κ3) is 6.07. The van der Waals surface area contributed by atoms with Crippen LogP contribution in [-0.4, -0.2) is 53.8 Å². The maximum Gasteiger partial charge on any atom is 0.0737 e. The number of aliphatic hydroxyl groups excluding tert-OH is 1. The minimum atomic E-state index is 0.198. The van der Waals surface area contributed by atoms with Gasteiger partial charge >= 0.3 is 0 Å². The summed E-state index contributed by atoms with van der Waals surface area (Å²) in [6.07, 6.45) is 4.35. The van der Waals surface area contributed by atoms with Crippen molar-refractivity contribution in [2.75, 3.05) is 37.7 Å². The third-order valence-corrected chi connectivity index (χ3v) is 5.18. The lowest BCUT2D eigenvalue weighted by molar-refractivity contribution is 0.199. The molecule has 1 heterocycles. The number of halogens is 1. The smallest absolute Gasteiger partial charge is 0.0737 e. The average molecular weight is 389 g/mol. The maximum atomic E-state index is 9.13. The normalized spacial score (nSPS) is 12.3. The molecule has 0 amide bonds. The number of aliphatic hydroxyl groups is 1. The molecule has 0 aliphatic rings. The molecular formula is C21H29ClN4O. The van der Waals surface area contributed by atoms with Crippen LogP contribution in [0.3, 0.4) is 0 Å². The molecule has 1 unspecified atom stereocenters. The average Bonchev–Trinajstić information content (AvgIpc) is 2.67. The zero-order valence-electron chi connectivity index (χ0n) is 16.2. The molecule has 5 nitrogen and oxygen atoms in total. The minimum absolute atomic E-state index is 0.198.